The number of esters is 1. The van der Waals surface area contributed by atoms with Crippen molar-refractivity contribution in [1.82, 2.24) is 10.2 Å². The molecule has 7 nitrogen and oxygen atoms in total. The highest BCUT2D eigenvalue weighted by molar-refractivity contribution is 7.15. The quantitative estimate of drug-likeness (QED) is 0.351. The molecule has 6 rings (SSSR count). The smallest absolute Gasteiger partial charge is 0.302 e. The molecule has 0 radical (unpaired) electrons. The summed E-state index contributed by atoms with van der Waals surface area (Å²) in [5.41, 5.74) is 1.44. The third kappa shape index (κ3) is 4.20. The maximum absolute atomic E-state index is 14.3. The average Bonchev–Trinajstić information content (AvgIpc) is 3.46. The molecule has 0 bridgehead atoms. The second-order valence-electron chi connectivity index (χ2n) is 16.3. The fraction of sp³-hybridized carbons (Fsp3) is 0.800. The minimum absolute atomic E-state index is 0.00995. The van der Waals surface area contributed by atoms with E-state index in [0.717, 1.165) is 61.1 Å². The molecule has 4 saturated carbocycles. The Morgan fingerprint density at radius 3 is 2.28 bits per heavy atom. The number of rotatable bonds is 4. The lowest BCUT2D eigenvalue weighted by Gasteiger charge is -2.72. The highest BCUT2D eigenvalue weighted by atomic mass is 32.1. The maximum Gasteiger partial charge on any atom is 0.302 e. The molecule has 5 aliphatic rings. The first-order chi connectivity index (χ1) is 20.0. The van der Waals surface area contributed by atoms with E-state index < -0.39 is 5.41 Å². The zero-order valence-electron chi connectivity index (χ0n) is 27.7. The Morgan fingerprint density at radius 2 is 1.65 bits per heavy atom. The third-order valence-corrected chi connectivity index (χ3v) is 14.6. The number of anilines is 1. The van der Waals surface area contributed by atoms with Crippen LogP contribution < -0.4 is 5.32 Å². The monoisotopic (exact) mass is 609 g/mol. The number of nitrogens with zero attached hydrogens (tertiary/aromatic N) is 2. The second-order valence-corrected chi connectivity index (χ2v) is 17.5. The molecule has 43 heavy (non-hydrogen) atoms. The van der Waals surface area contributed by atoms with Gasteiger partial charge >= 0.3 is 5.97 Å². The number of aryl methyl sites for hydroxylation is 1. The summed E-state index contributed by atoms with van der Waals surface area (Å²) in [5, 5.41) is 12.7. The largest absolute Gasteiger partial charge is 0.462 e. The summed E-state index contributed by atoms with van der Waals surface area (Å²) in [5.74, 6) is 1.23. The van der Waals surface area contributed by atoms with Crippen molar-refractivity contribution in [3.8, 4) is 0 Å². The number of carbonyl (C=O) groups is 3. The summed E-state index contributed by atoms with van der Waals surface area (Å²) in [6.07, 6.45) is 8.23. The molecule has 236 valence electrons. The standard InChI is InChI=1S/C35H51N3O4S/c1-19(2)27-23(40)18-35(29(41)36-30-38-37-20(3)43-30)17-16-33(8)22(28(27)35)10-11-25-32(7)14-13-26(42-21(4)39)31(5,6)24(32)12-15-34(25,33)9/h19,22,24-26H,10-18H2,1-9H3,(H,36,38,41)/t22-,24+,25-,26+,32+,33-,34-,35-/m1/s1. The highest BCUT2D eigenvalue weighted by Crippen LogP contribution is 2.76. The van der Waals surface area contributed by atoms with Crippen LogP contribution in [-0.4, -0.2) is 34.0 Å². The Morgan fingerprint density at radius 1 is 0.930 bits per heavy atom. The zero-order chi connectivity index (χ0) is 31.3. The highest BCUT2D eigenvalue weighted by Gasteiger charge is 2.71. The number of ketones is 1. The average molecular weight is 610 g/mol. The molecule has 1 heterocycles. The van der Waals surface area contributed by atoms with Gasteiger partial charge in [0.2, 0.25) is 11.0 Å². The number of amides is 1. The molecule has 1 amide bonds. The Labute approximate surface area is 261 Å². The van der Waals surface area contributed by atoms with Gasteiger partial charge < -0.3 is 4.74 Å². The van der Waals surface area contributed by atoms with Gasteiger partial charge in [0.15, 0.2) is 5.78 Å². The van der Waals surface area contributed by atoms with Crippen molar-refractivity contribution in [1.29, 1.82) is 0 Å². The summed E-state index contributed by atoms with van der Waals surface area (Å²) in [6, 6.07) is 0. The molecule has 5 aliphatic carbocycles. The van der Waals surface area contributed by atoms with Gasteiger partial charge in [-0.05, 0) is 109 Å². The van der Waals surface area contributed by atoms with Gasteiger partial charge in [-0.25, -0.2) is 0 Å². The van der Waals surface area contributed by atoms with Gasteiger partial charge in [0.25, 0.3) is 0 Å². The van der Waals surface area contributed by atoms with E-state index in [1.54, 1.807) is 0 Å². The summed E-state index contributed by atoms with van der Waals surface area (Å²) in [4.78, 5) is 40.1. The summed E-state index contributed by atoms with van der Waals surface area (Å²) >= 11 is 1.39. The summed E-state index contributed by atoms with van der Waals surface area (Å²) < 4.78 is 5.91. The Kier molecular flexibility index (Phi) is 7.16. The number of carbonyl (C=O) groups excluding carboxylic acids is 3. The molecular weight excluding hydrogens is 558 g/mol. The second kappa shape index (κ2) is 9.95. The molecule has 1 aromatic rings. The van der Waals surface area contributed by atoms with E-state index >= 15 is 0 Å². The molecule has 0 aromatic carbocycles. The first-order valence-corrected chi connectivity index (χ1v) is 17.4. The van der Waals surface area contributed by atoms with Crippen molar-refractivity contribution in [2.75, 3.05) is 5.32 Å². The van der Waals surface area contributed by atoms with Gasteiger partial charge in [-0.3, -0.25) is 19.7 Å². The molecule has 1 aromatic heterocycles. The number of aromatic nitrogens is 2. The van der Waals surface area contributed by atoms with Crippen molar-refractivity contribution in [3.05, 3.63) is 16.2 Å². The van der Waals surface area contributed by atoms with Gasteiger partial charge in [-0.2, -0.15) is 0 Å². The molecular formula is C35H51N3O4S. The predicted molar refractivity (Wildman–Crippen MR) is 168 cm³/mol. The van der Waals surface area contributed by atoms with Crippen LogP contribution in [0.2, 0.25) is 0 Å². The number of fused-ring (bicyclic) bond motifs is 7. The van der Waals surface area contributed by atoms with E-state index in [1.807, 2.05) is 6.92 Å². The number of nitrogens with one attached hydrogen (secondary N) is 1. The van der Waals surface area contributed by atoms with Crippen LogP contribution >= 0.6 is 11.3 Å². The van der Waals surface area contributed by atoms with Crippen LogP contribution in [0.4, 0.5) is 5.13 Å². The van der Waals surface area contributed by atoms with Gasteiger partial charge in [0.05, 0.1) is 5.41 Å². The SMILES string of the molecule is CC(=O)O[C@H]1CC[C@]2(C)[C@H]3CC[C@@H]4C5=C(C(C)C)C(=O)C[C@]5(C(=O)Nc5nnc(C)s5)CC[C@@]4(C)[C@]3(C)CC[C@H]2C1(C)C. The van der Waals surface area contributed by atoms with Crippen LogP contribution in [0.1, 0.15) is 118 Å². The van der Waals surface area contributed by atoms with E-state index in [-0.39, 0.29) is 63.7 Å². The van der Waals surface area contributed by atoms with E-state index in [0.29, 0.717) is 23.4 Å². The van der Waals surface area contributed by atoms with E-state index in [2.05, 4.69) is 64.0 Å². The Bertz CT molecular complexity index is 1400. The Balaban J connectivity index is 1.39. The van der Waals surface area contributed by atoms with Crippen molar-refractivity contribution in [2.45, 2.75) is 126 Å². The van der Waals surface area contributed by atoms with Crippen LogP contribution in [0.3, 0.4) is 0 Å². The summed E-state index contributed by atoms with van der Waals surface area (Å²) in [7, 11) is 0. The van der Waals surface area contributed by atoms with E-state index in [1.165, 1.54) is 18.3 Å². The van der Waals surface area contributed by atoms with Crippen molar-refractivity contribution in [3.63, 3.8) is 0 Å². The first-order valence-electron chi connectivity index (χ1n) is 16.6. The summed E-state index contributed by atoms with van der Waals surface area (Å²) in [6.45, 7) is 19.9. The van der Waals surface area contributed by atoms with Crippen molar-refractivity contribution < 1.29 is 19.1 Å². The predicted octanol–water partition coefficient (Wildman–Crippen LogP) is 7.70. The maximum atomic E-state index is 14.3. The van der Waals surface area contributed by atoms with Crippen LogP contribution in [0.15, 0.2) is 11.1 Å². The number of hydrogen-bond acceptors (Lipinski definition) is 7. The molecule has 1 N–H and O–H groups in total. The van der Waals surface area contributed by atoms with Crippen LogP contribution in [-0.2, 0) is 19.1 Å². The topological polar surface area (TPSA) is 98.2 Å². The molecule has 0 aliphatic heterocycles. The zero-order valence-corrected chi connectivity index (χ0v) is 28.5. The molecule has 0 saturated heterocycles. The lowest BCUT2D eigenvalue weighted by Crippen LogP contribution is -2.66. The van der Waals surface area contributed by atoms with Gasteiger partial charge in [0.1, 0.15) is 11.1 Å². The lowest BCUT2D eigenvalue weighted by atomic mass is 9.33. The molecule has 8 heteroatoms. The van der Waals surface area contributed by atoms with Gasteiger partial charge in [0, 0.05) is 18.8 Å². The minimum Gasteiger partial charge on any atom is -0.462 e. The van der Waals surface area contributed by atoms with Crippen molar-refractivity contribution >= 4 is 34.1 Å². The fourth-order valence-electron chi connectivity index (χ4n) is 11.8. The van der Waals surface area contributed by atoms with Crippen LogP contribution in [0.25, 0.3) is 0 Å². The lowest BCUT2D eigenvalue weighted by molar-refractivity contribution is -0.232. The number of ether oxygens (including phenoxy) is 1. The molecule has 8 atom stereocenters. The van der Waals surface area contributed by atoms with E-state index in [4.69, 9.17) is 4.74 Å². The molecule has 0 spiro atoms. The fourth-order valence-corrected chi connectivity index (χ4v) is 12.4. The minimum atomic E-state index is -0.797. The Hall–Kier alpha value is -2.09. The first kappa shape index (κ1) is 30.9. The van der Waals surface area contributed by atoms with Gasteiger partial charge in [-0.1, -0.05) is 59.8 Å². The van der Waals surface area contributed by atoms with Crippen LogP contribution in [0, 0.1) is 57.7 Å². The van der Waals surface area contributed by atoms with E-state index in [9.17, 15) is 14.4 Å². The molecule has 0 unspecified atom stereocenters. The number of hydrogen-bond donors (Lipinski definition) is 1. The van der Waals surface area contributed by atoms with Crippen LogP contribution in [0.5, 0.6) is 0 Å². The third-order valence-electron chi connectivity index (χ3n) is 13.9. The molecule has 4 fully saturated rings. The normalized spacial score (nSPS) is 41.7. The van der Waals surface area contributed by atoms with Crippen molar-refractivity contribution in [2.24, 2.45) is 50.7 Å². The number of Topliss-reactive ketones (excluding diaryl/α,β-unsaturated/α-hetero) is 1. The van der Waals surface area contributed by atoms with Gasteiger partial charge in [-0.15, -0.1) is 10.2 Å². The number of allylic oxidation sites excluding steroid dienone is 1.